The smallest absolute Gasteiger partial charge is 0.0373 e. The summed E-state index contributed by atoms with van der Waals surface area (Å²) >= 11 is 0. The van der Waals surface area contributed by atoms with Crippen molar-refractivity contribution in [3.05, 3.63) is 24.5 Å². The second-order valence-electron chi connectivity index (χ2n) is 4.26. The third-order valence-electron chi connectivity index (χ3n) is 3.17. The van der Waals surface area contributed by atoms with E-state index in [1.165, 1.54) is 18.5 Å². The number of nitrogens with zero attached hydrogens (tertiary/aromatic N) is 1. The van der Waals surface area contributed by atoms with Gasteiger partial charge in [-0.25, -0.2) is 0 Å². The number of hydrogen-bond donors (Lipinski definition) is 2. The van der Waals surface area contributed by atoms with Gasteiger partial charge in [-0.2, -0.15) is 0 Å². The maximum atomic E-state index is 4.02. The van der Waals surface area contributed by atoms with Crippen LogP contribution in [0.1, 0.15) is 19.8 Å². The maximum absolute atomic E-state index is 4.02. The van der Waals surface area contributed by atoms with Crippen LogP contribution in [0.5, 0.6) is 0 Å². The van der Waals surface area contributed by atoms with Crippen LogP contribution < -0.4 is 10.6 Å². The van der Waals surface area contributed by atoms with Gasteiger partial charge in [0.15, 0.2) is 0 Å². The third kappa shape index (κ3) is 5.11. The van der Waals surface area contributed by atoms with Crippen LogP contribution in [-0.4, -0.2) is 24.1 Å². The van der Waals surface area contributed by atoms with Crippen LogP contribution in [0, 0.1) is 5.92 Å². The lowest BCUT2D eigenvalue weighted by molar-refractivity contribution is 0.343. The van der Waals surface area contributed by atoms with Crippen molar-refractivity contribution >= 4 is 30.5 Å². The van der Waals surface area contributed by atoms with Crippen molar-refractivity contribution in [2.45, 2.75) is 25.8 Å². The van der Waals surface area contributed by atoms with Gasteiger partial charge in [0.05, 0.1) is 0 Å². The maximum Gasteiger partial charge on any atom is 0.0373 e. The Bertz CT molecular complexity index is 289. The molecule has 1 aromatic rings. The monoisotopic (exact) mass is 277 g/mol. The molecule has 17 heavy (non-hydrogen) atoms. The summed E-state index contributed by atoms with van der Waals surface area (Å²) in [6.07, 6.45) is 6.22. The Morgan fingerprint density at radius 2 is 1.82 bits per heavy atom. The normalized spacial score (nSPS) is 17.5. The van der Waals surface area contributed by atoms with Crippen LogP contribution in [0.3, 0.4) is 0 Å². The van der Waals surface area contributed by atoms with Gasteiger partial charge in [0.2, 0.25) is 0 Å². The van der Waals surface area contributed by atoms with Gasteiger partial charge in [0.25, 0.3) is 0 Å². The molecule has 98 valence electrons. The Balaban J connectivity index is 0.00000128. The molecule has 0 amide bonds. The van der Waals surface area contributed by atoms with E-state index < -0.39 is 0 Å². The Morgan fingerprint density at radius 3 is 2.41 bits per heavy atom. The SMILES string of the molecule is CC(Nc1ccncc1)C1CCNCC1.Cl.Cl. The molecular formula is C12H21Cl2N3. The average Bonchev–Trinajstić information content (AvgIpc) is 2.31. The molecule has 1 aromatic heterocycles. The van der Waals surface area contributed by atoms with Crippen molar-refractivity contribution < 1.29 is 0 Å². The average molecular weight is 278 g/mol. The van der Waals surface area contributed by atoms with Gasteiger partial charge in [-0.3, -0.25) is 4.98 Å². The Kier molecular flexibility index (Phi) is 8.30. The molecule has 1 unspecified atom stereocenters. The first-order chi connectivity index (χ1) is 7.36. The number of hydrogen-bond acceptors (Lipinski definition) is 3. The zero-order valence-corrected chi connectivity index (χ0v) is 11.7. The number of halogens is 2. The molecule has 1 fully saturated rings. The number of rotatable bonds is 3. The molecule has 0 aromatic carbocycles. The van der Waals surface area contributed by atoms with Crippen LogP contribution in [0.2, 0.25) is 0 Å². The van der Waals surface area contributed by atoms with Crippen molar-refractivity contribution in [1.29, 1.82) is 0 Å². The van der Waals surface area contributed by atoms with E-state index in [0.29, 0.717) is 6.04 Å². The van der Waals surface area contributed by atoms with Crippen LogP contribution >= 0.6 is 24.8 Å². The summed E-state index contributed by atoms with van der Waals surface area (Å²) in [5, 5.41) is 6.94. The number of anilines is 1. The second-order valence-corrected chi connectivity index (χ2v) is 4.26. The van der Waals surface area contributed by atoms with Gasteiger partial charge < -0.3 is 10.6 Å². The highest BCUT2D eigenvalue weighted by molar-refractivity contribution is 5.85. The highest BCUT2D eigenvalue weighted by Gasteiger charge is 2.19. The molecule has 3 nitrogen and oxygen atoms in total. The molecule has 0 aliphatic carbocycles. The highest BCUT2D eigenvalue weighted by Crippen LogP contribution is 2.19. The molecule has 1 atom stereocenters. The van der Waals surface area contributed by atoms with E-state index in [4.69, 9.17) is 0 Å². The summed E-state index contributed by atoms with van der Waals surface area (Å²) in [6.45, 7) is 4.59. The van der Waals surface area contributed by atoms with Gasteiger partial charge in [-0.05, 0) is 50.9 Å². The van der Waals surface area contributed by atoms with Crippen molar-refractivity contribution in [2.24, 2.45) is 5.92 Å². The lowest BCUT2D eigenvalue weighted by Crippen LogP contribution is -2.36. The molecule has 1 saturated heterocycles. The summed E-state index contributed by atoms with van der Waals surface area (Å²) in [5.74, 6) is 0.791. The first kappa shape index (κ1) is 16.5. The molecule has 0 saturated carbocycles. The van der Waals surface area contributed by atoms with Crippen molar-refractivity contribution in [3.8, 4) is 0 Å². The first-order valence-electron chi connectivity index (χ1n) is 5.73. The summed E-state index contributed by atoms with van der Waals surface area (Å²) in [5.41, 5.74) is 1.18. The zero-order chi connectivity index (χ0) is 10.5. The number of piperidine rings is 1. The van der Waals surface area contributed by atoms with Crippen LogP contribution in [-0.2, 0) is 0 Å². The highest BCUT2D eigenvalue weighted by atomic mass is 35.5. The van der Waals surface area contributed by atoms with E-state index in [-0.39, 0.29) is 24.8 Å². The molecule has 2 N–H and O–H groups in total. The number of pyridine rings is 1. The molecule has 2 heterocycles. The van der Waals surface area contributed by atoms with Gasteiger partial charge in [-0.15, -0.1) is 24.8 Å². The van der Waals surface area contributed by atoms with E-state index in [1.54, 1.807) is 0 Å². The van der Waals surface area contributed by atoms with Crippen molar-refractivity contribution in [1.82, 2.24) is 10.3 Å². The van der Waals surface area contributed by atoms with Gasteiger partial charge in [0, 0.05) is 24.1 Å². The Labute approximate surface area is 116 Å². The largest absolute Gasteiger partial charge is 0.382 e. The van der Waals surface area contributed by atoms with Gasteiger partial charge in [-0.1, -0.05) is 0 Å². The molecule has 5 heteroatoms. The number of nitrogens with one attached hydrogen (secondary N) is 2. The molecule has 1 aliphatic heterocycles. The molecule has 2 rings (SSSR count). The predicted octanol–water partition coefficient (Wildman–Crippen LogP) is 2.73. The van der Waals surface area contributed by atoms with E-state index in [1.807, 2.05) is 24.5 Å². The quantitative estimate of drug-likeness (QED) is 0.892. The molecule has 0 spiro atoms. The fourth-order valence-electron chi connectivity index (χ4n) is 2.17. The van der Waals surface area contributed by atoms with E-state index in [0.717, 1.165) is 19.0 Å². The molecule has 1 aliphatic rings. The molecule has 0 bridgehead atoms. The minimum absolute atomic E-state index is 0. The fourth-order valence-corrected chi connectivity index (χ4v) is 2.17. The van der Waals surface area contributed by atoms with E-state index >= 15 is 0 Å². The van der Waals surface area contributed by atoms with E-state index in [9.17, 15) is 0 Å². The zero-order valence-electron chi connectivity index (χ0n) is 10.1. The van der Waals surface area contributed by atoms with Crippen LogP contribution in [0.4, 0.5) is 5.69 Å². The molecular weight excluding hydrogens is 257 g/mol. The minimum atomic E-state index is 0. The Morgan fingerprint density at radius 1 is 1.24 bits per heavy atom. The van der Waals surface area contributed by atoms with Crippen molar-refractivity contribution in [2.75, 3.05) is 18.4 Å². The summed E-state index contributed by atoms with van der Waals surface area (Å²) in [6, 6.07) is 4.60. The third-order valence-corrected chi connectivity index (χ3v) is 3.17. The minimum Gasteiger partial charge on any atom is -0.382 e. The second kappa shape index (κ2) is 8.56. The lowest BCUT2D eigenvalue weighted by atomic mass is 9.91. The predicted molar refractivity (Wildman–Crippen MR) is 77.4 cm³/mol. The Hall–Kier alpha value is -0.510. The molecule has 0 radical (unpaired) electrons. The van der Waals surface area contributed by atoms with Crippen LogP contribution in [0.25, 0.3) is 0 Å². The van der Waals surface area contributed by atoms with Gasteiger partial charge >= 0.3 is 0 Å². The summed E-state index contributed by atoms with van der Waals surface area (Å²) < 4.78 is 0. The fraction of sp³-hybridized carbons (Fsp3) is 0.583. The van der Waals surface area contributed by atoms with E-state index in [2.05, 4.69) is 22.5 Å². The summed E-state index contributed by atoms with van der Waals surface area (Å²) in [7, 11) is 0. The number of aromatic nitrogens is 1. The lowest BCUT2D eigenvalue weighted by Gasteiger charge is -2.29. The van der Waals surface area contributed by atoms with Gasteiger partial charge in [0.1, 0.15) is 0 Å². The van der Waals surface area contributed by atoms with Crippen molar-refractivity contribution in [3.63, 3.8) is 0 Å². The topological polar surface area (TPSA) is 37.0 Å². The van der Waals surface area contributed by atoms with Crippen LogP contribution in [0.15, 0.2) is 24.5 Å². The summed E-state index contributed by atoms with van der Waals surface area (Å²) in [4.78, 5) is 4.02. The first-order valence-corrected chi connectivity index (χ1v) is 5.73. The standard InChI is InChI=1S/C12H19N3.2ClH/c1-10(11-2-6-13-7-3-11)15-12-4-8-14-9-5-12;;/h4-5,8-11,13H,2-3,6-7H2,1H3,(H,14,15);2*1H.